The second-order valence-electron chi connectivity index (χ2n) is 8.65. The Labute approximate surface area is 178 Å². The zero-order valence-corrected chi connectivity index (χ0v) is 17.3. The van der Waals surface area contributed by atoms with Crippen molar-refractivity contribution in [2.24, 2.45) is 5.41 Å². The molecular weight excluding hydrogens is 394 g/mol. The van der Waals surface area contributed by atoms with Gasteiger partial charge in [0, 0.05) is 19.5 Å². The van der Waals surface area contributed by atoms with Crippen LogP contribution in [0, 0.1) is 12.3 Å². The number of piperidine rings is 1. The van der Waals surface area contributed by atoms with Crippen molar-refractivity contribution in [3.05, 3.63) is 48.7 Å². The molecular formula is C22H23N7O2. The predicted octanol–water partition coefficient (Wildman–Crippen LogP) is 2.38. The van der Waals surface area contributed by atoms with Gasteiger partial charge in [0.25, 0.3) is 0 Å². The van der Waals surface area contributed by atoms with Gasteiger partial charge in [-0.25, -0.2) is 4.98 Å². The fraction of sp³-hybridized carbons (Fsp3) is 0.409. The van der Waals surface area contributed by atoms with E-state index in [0.29, 0.717) is 6.54 Å². The van der Waals surface area contributed by atoms with Crippen molar-refractivity contribution in [1.82, 2.24) is 29.4 Å². The Morgan fingerprint density at radius 2 is 2.03 bits per heavy atom. The van der Waals surface area contributed by atoms with Crippen molar-refractivity contribution in [1.29, 1.82) is 0 Å². The number of benzene rings is 1. The topological polar surface area (TPSA) is 90.4 Å². The molecule has 2 fully saturated rings. The SMILES string of the molecule is Cc1cc(N2CCC3(CC2)CC(Cn2cnc4ccccc42)OC3=O)c2nncn2n1. The molecule has 0 saturated carbocycles. The number of ether oxygens (including phenoxy) is 1. The van der Waals surface area contributed by atoms with Crippen LogP contribution in [-0.4, -0.2) is 54.5 Å². The number of aromatic nitrogens is 6. The Balaban J connectivity index is 1.19. The number of nitrogens with zero attached hydrogens (tertiary/aromatic N) is 7. The first kappa shape index (κ1) is 18.3. The number of fused-ring (bicyclic) bond motifs is 2. The third kappa shape index (κ3) is 2.95. The smallest absolute Gasteiger partial charge is 0.312 e. The van der Waals surface area contributed by atoms with Gasteiger partial charge in [0.1, 0.15) is 12.4 Å². The molecule has 158 valence electrons. The van der Waals surface area contributed by atoms with Gasteiger partial charge >= 0.3 is 5.97 Å². The maximum Gasteiger partial charge on any atom is 0.312 e. The van der Waals surface area contributed by atoms with Crippen molar-refractivity contribution in [3.8, 4) is 0 Å². The summed E-state index contributed by atoms with van der Waals surface area (Å²) in [5.74, 6) is -0.0555. The Morgan fingerprint density at radius 1 is 1.19 bits per heavy atom. The number of carbonyl (C=O) groups is 1. The van der Waals surface area contributed by atoms with E-state index in [1.54, 1.807) is 10.8 Å². The fourth-order valence-corrected chi connectivity index (χ4v) is 5.06. The zero-order valence-electron chi connectivity index (χ0n) is 17.3. The lowest BCUT2D eigenvalue weighted by atomic mass is 9.76. The molecule has 2 aliphatic heterocycles. The Bertz CT molecular complexity index is 1290. The number of para-hydroxylation sites is 2. The summed E-state index contributed by atoms with van der Waals surface area (Å²) in [5.41, 5.74) is 4.31. The van der Waals surface area contributed by atoms with E-state index in [4.69, 9.17) is 4.74 Å². The Hall–Kier alpha value is -3.49. The van der Waals surface area contributed by atoms with E-state index in [1.165, 1.54) is 0 Å². The minimum atomic E-state index is -0.399. The van der Waals surface area contributed by atoms with Crippen LogP contribution in [0.2, 0.25) is 0 Å². The molecule has 9 nitrogen and oxygen atoms in total. The van der Waals surface area contributed by atoms with Crippen LogP contribution in [-0.2, 0) is 16.1 Å². The summed E-state index contributed by atoms with van der Waals surface area (Å²) in [5, 5.41) is 12.6. The minimum Gasteiger partial charge on any atom is -0.460 e. The first-order valence-corrected chi connectivity index (χ1v) is 10.6. The molecule has 5 heterocycles. The third-order valence-electron chi connectivity index (χ3n) is 6.68. The molecule has 1 spiro atoms. The van der Waals surface area contributed by atoms with E-state index in [-0.39, 0.29) is 12.1 Å². The number of cyclic esters (lactones) is 1. The largest absolute Gasteiger partial charge is 0.460 e. The van der Waals surface area contributed by atoms with Crippen molar-refractivity contribution in [2.45, 2.75) is 38.8 Å². The van der Waals surface area contributed by atoms with Crippen LogP contribution < -0.4 is 4.90 Å². The molecule has 6 rings (SSSR count). The van der Waals surface area contributed by atoms with Crippen molar-refractivity contribution in [2.75, 3.05) is 18.0 Å². The lowest BCUT2D eigenvalue weighted by molar-refractivity contribution is -0.150. The van der Waals surface area contributed by atoms with Crippen LogP contribution in [0.4, 0.5) is 5.69 Å². The summed E-state index contributed by atoms with van der Waals surface area (Å²) in [6.07, 6.45) is 5.63. The van der Waals surface area contributed by atoms with E-state index < -0.39 is 5.41 Å². The number of esters is 1. The number of rotatable bonds is 3. The minimum absolute atomic E-state index is 0.0555. The van der Waals surface area contributed by atoms with Crippen molar-refractivity contribution >= 4 is 28.3 Å². The first-order valence-electron chi connectivity index (χ1n) is 10.6. The van der Waals surface area contributed by atoms with Gasteiger partial charge in [-0.2, -0.15) is 9.61 Å². The second-order valence-corrected chi connectivity index (χ2v) is 8.65. The van der Waals surface area contributed by atoms with Gasteiger partial charge in [-0.1, -0.05) is 12.1 Å². The summed E-state index contributed by atoms with van der Waals surface area (Å²) in [6, 6.07) is 10.1. The first-order chi connectivity index (χ1) is 15.1. The van der Waals surface area contributed by atoms with Gasteiger partial charge in [-0.05, 0) is 38.0 Å². The molecule has 0 N–H and O–H groups in total. The summed E-state index contributed by atoms with van der Waals surface area (Å²) in [7, 11) is 0. The van der Waals surface area contributed by atoms with Crippen molar-refractivity contribution < 1.29 is 9.53 Å². The van der Waals surface area contributed by atoms with Gasteiger partial charge in [0.15, 0.2) is 0 Å². The van der Waals surface area contributed by atoms with E-state index in [0.717, 1.165) is 60.4 Å². The molecule has 0 amide bonds. The van der Waals surface area contributed by atoms with Crippen LogP contribution in [0.25, 0.3) is 16.7 Å². The second kappa shape index (κ2) is 6.76. The summed E-state index contributed by atoms with van der Waals surface area (Å²) in [6.45, 7) is 4.17. The number of imidazole rings is 1. The molecule has 1 atom stereocenters. The van der Waals surface area contributed by atoms with Gasteiger partial charge in [-0.3, -0.25) is 4.79 Å². The highest BCUT2D eigenvalue weighted by atomic mass is 16.6. The Morgan fingerprint density at radius 3 is 2.90 bits per heavy atom. The normalized spacial score (nSPS) is 20.7. The maximum atomic E-state index is 12.9. The van der Waals surface area contributed by atoms with E-state index in [2.05, 4.69) is 35.8 Å². The number of aryl methyl sites for hydroxylation is 1. The van der Waals surface area contributed by atoms with Gasteiger partial charge in [-0.15, -0.1) is 10.2 Å². The van der Waals surface area contributed by atoms with Gasteiger partial charge in [0.2, 0.25) is 5.65 Å². The predicted molar refractivity (Wildman–Crippen MR) is 114 cm³/mol. The quantitative estimate of drug-likeness (QED) is 0.473. The molecule has 0 bridgehead atoms. The molecule has 0 aliphatic carbocycles. The average molecular weight is 417 g/mol. The molecule has 4 aromatic rings. The molecule has 3 aromatic heterocycles. The number of carbonyl (C=O) groups excluding carboxylic acids is 1. The summed E-state index contributed by atoms with van der Waals surface area (Å²) in [4.78, 5) is 19.7. The van der Waals surface area contributed by atoms with Gasteiger partial charge < -0.3 is 14.2 Å². The van der Waals surface area contributed by atoms with Crippen LogP contribution >= 0.6 is 0 Å². The summed E-state index contributed by atoms with van der Waals surface area (Å²) >= 11 is 0. The lowest BCUT2D eigenvalue weighted by Gasteiger charge is -2.37. The van der Waals surface area contributed by atoms with Crippen molar-refractivity contribution in [3.63, 3.8) is 0 Å². The average Bonchev–Trinajstić information content (AvgIpc) is 3.47. The summed E-state index contributed by atoms with van der Waals surface area (Å²) < 4.78 is 9.65. The van der Waals surface area contributed by atoms with Crippen LogP contribution in [0.3, 0.4) is 0 Å². The van der Waals surface area contributed by atoms with E-state index in [9.17, 15) is 4.79 Å². The Kier molecular flexibility index (Phi) is 3.99. The fourth-order valence-electron chi connectivity index (χ4n) is 5.06. The lowest BCUT2D eigenvalue weighted by Crippen LogP contribution is -2.42. The highest BCUT2D eigenvalue weighted by Crippen LogP contribution is 2.44. The highest BCUT2D eigenvalue weighted by molar-refractivity contribution is 5.80. The zero-order chi connectivity index (χ0) is 21.0. The standard InChI is InChI=1S/C22H23N7O2/c1-15-10-19(20-25-24-14-29(20)26-15)27-8-6-22(7-9-27)11-16(31-21(22)30)12-28-13-23-17-4-2-3-5-18(17)28/h2-5,10,13-14,16H,6-9,11-12H2,1H3. The highest BCUT2D eigenvalue weighted by Gasteiger charge is 2.50. The molecule has 9 heteroatoms. The number of hydrogen-bond acceptors (Lipinski definition) is 7. The van der Waals surface area contributed by atoms with Gasteiger partial charge in [0.05, 0.1) is 40.7 Å². The third-order valence-corrected chi connectivity index (χ3v) is 6.68. The maximum absolute atomic E-state index is 12.9. The molecule has 2 saturated heterocycles. The van der Waals surface area contributed by atoms with Crippen LogP contribution in [0.1, 0.15) is 25.0 Å². The molecule has 31 heavy (non-hydrogen) atoms. The van der Waals surface area contributed by atoms with Crippen LogP contribution in [0.15, 0.2) is 43.0 Å². The molecule has 0 radical (unpaired) electrons. The number of anilines is 1. The molecule has 2 aliphatic rings. The number of hydrogen-bond donors (Lipinski definition) is 0. The van der Waals surface area contributed by atoms with E-state index >= 15 is 0 Å². The van der Waals surface area contributed by atoms with Crippen LogP contribution in [0.5, 0.6) is 0 Å². The molecule has 1 aromatic carbocycles. The molecule has 1 unspecified atom stereocenters. The monoisotopic (exact) mass is 417 g/mol. The van der Waals surface area contributed by atoms with E-state index in [1.807, 2.05) is 37.5 Å².